The predicted molar refractivity (Wildman–Crippen MR) is 74.3 cm³/mol. The van der Waals surface area contributed by atoms with Crippen molar-refractivity contribution in [3.8, 4) is 5.75 Å². The summed E-state index contributed by atoms with van der Waals surface area (Å²) in [6, 6.07) is 7.66. The Kier molecular flexibility index (Phi) is 3.97. The number of phenols is 1. The lowest BCUT2D eigenvalue weighted by Gasteiger charge is -2.08. The van der Waals surface area contributed by atoms with Gasteiger partial charge in [-0.05, 0) is 30.5 Å². The van der Waals surface area contributed by atoms with Crippen molar-refractivity contribution in [2.45, 2.75) is 44.7 Å². The molecule has 1 fully saturated rings. The van der Waals surface area contributed by atoms with Crippen LogP contribution in [0.2, 0.25) is 0 Å². The molecule has 0 spiro atoms. The van der Waals surface area contributed by atoms with Gasteiger partial charge in [-0.3, -0.25) is 0 Å². The Bertz CT molecular complexity index is 545. The lowest BCUT2D eigenvalue weighted by atomic mass is 10.1. The molecule has 0 bridgehead atoms. The van der Waals surface area contributed by atoms with E-state index in [0.29, 0.717) is 30.7 Å². The van der Waals surface area contributed by atoms with Gasteiger partial charge < -0.3 is 14.9 Å². The summed E-state index contributed by atoms with van der Waals surface area (Å²) in [7, 11) is 0. The van der Waals surface area contributed by atoms with Gasteiger partial charge in [0.1, 0.15) is 5.75 Å². The number of aromatic hydroxyl groups is 1. The predicted octanol–water partition coefficient (Wildman–Crippen LogP) is 2.40. The zero-order valence-electron chi connectivity index (χ0n) is 11.4. The number of phenolic OH excluding ortho intramolecular Hbond substituents is 1. The fourth-order valence-corrected chi connectivity index (χ4v) is 2.59. The molecule has 1 aliphatic rings. The van der Waals surface area contributed by atoms with Crippen LogP contribution < -0.4 is 5.32 Å². The minimum Gasteiger partial charge on any atom is -0.508 e. The van der Waals surface area contributed by atoms with E-state index in [9.17, 15) is 5.11 Å². The van der Waals surface area contributed by atoms with Crippen molar-refractivity contribution in [1.29, 1.82) is 0 Å². The molecular formula is C15H19N3O2. The Labute approximate surface area is 118 Å². The van der Waals surface area contributed by atoms with Crippen molar-refractivity contribution in [3.05, 3.63) is 41.5 Å². The van der Waals surface area contributed by atoms with Gasteiger partial charge in [-0.15, -0.1) is 0 Å². The highest BCUT2D eigenvalue weighted by Crippen LogP contribution is 2.18. The van der Waals surface area contributed by atoms with E-state index < -0.39 is 0 Å². The molecule has 2 aromatic rings. The second-order valence-corrected chi connectivity index (χ2v) is 5.31. The second kappa shape index (κ2) is 6.05. The molecule has 5 heteroatoms. The highest BCUT2D eigenvalue weighted by atomic mass is 16.5. The molecule has 0 saturated heterocycles. The van der Waals surface area contributed by atoms with E-state index in [-0.39, 0.29) is 5.75 Å². The molecule has 0 aliphatic heterocycles. The van der Waals surface area contributed by atoms with Crippen LogP contribution in [0, 0.1) is 0 Å². The third-order valence-electron chi connectivity index (χ3n) is 3.71. The highest BCUT2D eigenvalue weighted by molar-refractivity contribution is 5.27. The number of benzene rings is 1. The number of nitrogens with zero attached hydrogens (tertiary/aromatic N) is 2. The lowest BCUT2D eigenvalue weighted by molar-refractivity contribution is 0.353. The van der Waals surface area contributed by atoms with Crippen LogP contribution in [0.1, 0.15) is 43.0 Å². The maximum absolute atomic E-state index is 9.24. The first-order chi connectivity index (χ1) is 9.79. The van der Waals surface area contributed by atoms with Crippen molar-refractivity contribution in [3.63, 3.8) is 0 Å². The molecule has 3 rings (SSSR count). The van der Waals surface area contributed by atoms with Gasteiger partial charge in [0.05, 0.1) is 6.54 Å². The first-order valence-electron chi connectivity index (χ1n) is 7.12. The number of rotatable bonds is 5. The zero-order valence-corrected chi connectivity index (χ0v) is 11.4. The van der Waals surface area contributed by atoms with E-state index in [2.05, 4.69) is 15.5 Å². The van der Waals surface area contributed by atoms with Crippen LogP contribution in [0.25, 0.3) is 0 Å². The quantitative estimate of drug-likeness (QED) is 0.875. The normalized spacial score (nSPS) is 15.8. The van der Waals surface area contributed by atoms with E-state index >= 15 is 0 Å². The molecule has 0 unspecified atom stereocenters. The average molecular weight is 273 g/mol. The molecule has 106 valence electrons. The maximum Gasteiger partial charge on any atom is 0.240 e. The zero-order chi connectivity index (χ0) is 13.8. The van der Waals surface area contributed by atoms with Gasteiger partial charge in [0.15, 0.2) is 5.82 Å². The number of aromatic nitrogens is 2. The third kappa shape index (κ3) is 3.36. The molecule has 1 aliphatic carbocycles. The summed E-state index contributed by atoms with van der Waals surface area (Å²) < 4.78 is 5.25. The standard InChI is InChI=1S/C15H19N3O2/c19-13-7-5-11(6-8-13)9-14-17-15(20-18-14)10-16-12-3-1-2-4-12/h5-8,12,16,19H,1-4,9-10H2. The fraction of sp³-hybridized carbons (Fsp3) is 0.467. The molecule has 0 radical (unpaired) electrons. The topological polar surface area (TPSA) is 71.2 Å². The van der Waals surface area contributed by atoms with E-state index in [1.807, 2.05) is 12.1 Å². The van der Waals surface area contributed by atoms with Crippen molar-refractivity contribution in [1.82, 2.24) is 15.5 Å². The SMILES string of the molecule is Oc1ccc(Cc2noc(CNC3CCCC3)n2)cc1. The fourth-order valence-electron chi connectivity index (χ4n) is 2.59. The molecule has 5 nitrogen and oxygen atoms in total. The average Bonchev–Trinajstić information content (AvgIpc) is 3.10. The Morgan fingerprint density at radius 1 is 1.20 bits per heavy atom. The Morgan fingerprint density at radius 2 is 1.95 bits per heavy atom. The minimum absolute atomic E-state index is 0.267. The monoisotopic (exact) mass is 273 g/mol. The Balaban J connectivity index is 1.54. The summed E-state index contributed by atoms with van der Waals surface area (Å²) >= 11 is 0. The molecule has 1 aromatic carbocycles. The molecule has 1 heterocycles. The van der Waals surface area contributed by atoms with Crippen molar-refractivity contribution in [2.75, 3.05) is 0 Å². The summed E-state index contributed by atoms with van der Waals surface area (Å²) in [6.07, 6.45) is 5.73. The van der Waals surface area contributed by atoms with Crippen LogP contribution >= 0.6 is 0 Å². The summed E-state index contributed by atoms with van der Waals surface area (Å²) in [5.74, 6) is 1.59. The number of nitrogens with one attached hydrogen (secondary N) is 1. The van der Waals surface area contributed by atoms with Crippen LogP contribution in [0.3, 0.4) is 0 Å². The van der Waals surface area contributed by atoms with Crippen LogP contribution in [0.5, 0.6) is 5.75 Å². The molecule has 0 amide bonds. The Hall–Kier alpha value is -1.88. The summed E-state index contributed by atoms with van der Waals surface area (Å²) in [4.78, 5) is 4.39. The van der Waals surface area contributed by atoms with Gasteiger partial charge in [-0.2, -0.15) is 4.98 Å². The first kappa shape index (κ1) is 13.1. The molecule has 20 heavy (non-hydrogen) atoms. The molecular weight excluding hydrogens is 254 g/mol. The minimum atomic E-state index is 0.267. The van der Waals surface area contributed by atoms with Gasteiger partial charge in [-0.1, -0.05) is 30.1 Å². The van der Waals surface area contributed by atoms with Gasteiger partial charge in [-0.25, -0.2) is 0 Å². The molecule has 1 aromatic heterocycles. The first-order valence-corrected chi connectivity index (χ1v) is 7.12. The summed E-state index contributed by atoms with van der Waals surface area (Å²) in [5, 5.41) is 16.7. The van der Waals surface area contributed by atoms with Crippen molar-refractivity contribution >= 4 is 0 Å². The third-order valence-corrected chi connectivity index (χ3v) is 3.71. The number of hydrogen-bond acceptors (Lipinski definition) is 5. The van der Waals surface area contributed by atoms with Gasteiger partial charge in [0, 0.05) is 12.5 Å². The molecule has 1 saturated carbocycles. The van der Waals surface area contributed by atoms with E-state index in [0.717, 1.165) is 5.56 Å². The highest BCUT2D eigenvalue weighted by Gasteiger charge is 2.15. The van der Waals surface area contributed by atoms with Crippen LogP contribution in [0.15, 0.2) is 28.8 Å². The van der Waals surface area contributed by atoms with E-state index in [1.54, 1.807) is 12.1 Å². The lowest BCUT2D eigenvalue weighted by Crippen LogP contribution is -2.25. The summed E-state index contributed by atoms with van der Waals surface area (Å²) in [6.45, 7) is 0.646. The Morgan fingerprint density at radius 3 is 2.70 bits per heavy atom. The van der Waals surface area contributed by atoms with E-state index in [4.69, 9.17) is 4.52 Å². The van der Waals surface area contributed by atoms with Crippen LogP contribution in [-0.2, 0) is 13.0 Å². The van der Waals surface area contributed by atoms with Crippen molar-refractivity contribution in [2.24, 2.45) is 0 Å². The maximum atomic E-state index is 9.24. The second-order valence-electron chi connectivity index (χ2n) is 5.31. The van der Waals surface area contributed by atoms with Crippen LogP contribution in [0.4, 0.5) is 0 Å². The van der Waals surface area contributed by atoms with Gasteiger partial charge >= 0.3 is 0 Å². The smallest absolute Gasteiger partial charge is 0.240 e. The summed E-state index contributed by atoms with van der Waals surface area (Å²) in [5.41, 5.74) is 1.05. The van der Waals surface area contributed by atoms with Crippen LogP contribution in [-0.4, -0.2) is 21.3 Å². The van der Waals surface area contributed by atoms with Gasteiger partial charge in [0.2, 0.25) is 5.89 Å². The van der Waals surface area contributed by atoms with Crippen molar-refractivity contribution < 1.29 is 9.63 Å². The molecule has 0 atom stereocenters. The largest absolute Gasteiger partial charge is 0.508 e. The van der Waals surface area contributed by atoms with E-state index in [1.165, 1.54) is 25.7 Å². The van der Waals surface area contributed by atoms with Gasteiger partial charge in [0.25, 0.3) is 0 Å². The molecule has 2 N–H and O–H groups in total. The number of hydrogen-bond donors (Lipinski definition) is 2.